The molecule has 0 saturated heterocycles. The number of ether oxygens (including phenoxy) is 2. The highest BCUT2D eigenvalue weighted by molar-refractivity contribution is 8.00. The fraction of sp³-hybridized carbons (Fsp3) is 0.258. The number of nitrogens with zero attached hydrogens (tertiary/aromatic N) is 3. The lowest BCUT2D eigenvalue weighted by Gasteiger charge is -2.24. The van der Waals surface area contributed by atoms with Crippen LogP contribution in [0.15, 0.2) is 72.8 Å². The molecule has 10 heteroatoms. The number of anilines is 1. The van der Waals surface area contributed by atoms with E-state index in [1.165, 1.54) is 28.8 Å². The lowest BCUT2D eigenvalue weighted by Crippen LogP contribution is -2.44. The summed E-state index contributed by atoms with van der Waals surface area (Å²) in [6.07, 6.45) is 0. The Labute approximate surface area is 242 Å². The topological polar surface area (TPSA) is 85.7 Å². The summed E-state index contributed by atoms with van der Waals surface area (Å²) in [7, 11) is 3.16. The largest absolute Gasteiger partial charge is 0.493 e. The molecule has 0 bridgehead atoms. The summed E-state index contributed by atoms with van der Waals surface area (Å²) in [4.78, 5) is 28.3. The molecule has 212 valence electrons. The average Bonchev–Trinajstić information content (AvgIpc) is 3.29. The second kappa shape index (κ2) is 12.1. The minimum Gasteiger partial charge on any atom is -0.493 e. The number of hydrogen-bond acceptors (Lipinski definition) is 6. The summed E-state index contributed by atoms with van der Waals surface area (Å²) < 4.78 is 26.6. The maximum atomic E-state index is 14.0. The molecular formula is C31H31FN4O4S. The third-order valence-electron chi connectivity index (χ3n) is 6.67. The van der Waals surface area contributed by atoms with Crippen LogP contribution in [0.1, 0.15) is 30.2 Å². The Bertz CT molecular complexity index is 1560. The summed E-state index contributed by atoms with van der Waals surface area (Å²) in [5.74, 6) is 0.817. The number of fused-ring (bicyclic) bond motifs is 1. The number of carbonyl (C=O) groups excluding carboxylic acids is 2. The van der Waals surface area contributed by atoms with Crippen LogP contribution in [0.25, 0.3) is 16.9 Å². The fourth-order valence-corrected chi connectivity index (χ4v) is 6.07. The minimum atomic E-state index is -0.390. The van der Waals surface area contributed by atoms with E-state index in [4.69, 9.17) is 14.6 Å². The second-order valence-electron chi connectivity index (χ2n) is 9.85. The average molecular weight is 575 g/mol. The van der Waals surface area contributed by atoms with Gasteiger partial charge in [-0.05, 0) is 55.8 Å². The number of thioether (sulfide) groups is 1. The van der Waals surface area contributed by atoms with Crippen LogP contribution in [0.4, 0.5) is 10.2 Å². The van der Waals surface area contributed by atoms with E-state index in [9.17, 15) is 14.0 Å². The zero-order valence-corrected chi connectivity index (χ0v) is 24.1. The van der Waals surface area contributed by atoms with Gasteiger partial charge < -0.3 is 14.8 Å². The molecule has 41 heavy (non-hydrogen) atoms. The van der Waals surface area contributed by atoms with Gasteiger partial charge in [-0.1, -0.05) is 36.4 Å². The zero-order valence-electron chi connectivity index (χ0n) is 23.3. The molecule has 0 saturated carbocycles. The number of nitrogens with one attached hydrogen (secondary N) is 1. The van der Waals surface area contributed by atoms with Gasteiger partial charge >= 0.3 is 0 Å². The van der Waals surface area contributed by atoms with Crippen LogP contribution < -0.4 is 19.7 Å². The standard InChI is InChI=1S/C31H31FN4O4S/c1-19(2)33-26(37)17-35-27(38)18-41-30(21-10-15-24(39-3)25(16-21)40-4)28-29(20-8-6-5-7-9-20)34-36(31(28)35)23-13-11-22(32)12-14-23/h5-16,19,30H,17-18H2,1-4H3,(H,33,37)/t30-/m0/s1. The van der Waals surface area contributed by atoms with Gasteiger partial charge in [-0.25, -0.2) is 9.07 Å². The minimum absolute atomic E-state index is 0.0974. The van der Waals surface area contributed by atoms with Gasteiger partial charge in [0, 0.05) is 17.2 Å². The highest BCUT2D eigenvalue weighted by atomic mass is 32.2. The maximum Gasteiger partial charge on any atom is 0.240 e. The third kappa shape index (κ3) is 5.78. The van der Waals surface area contributed by atoms with Crippen molar-refractivity contribution in [2.24, 2.45) is 0 Å². The molecule has 1 atom stereocenters. The van der Waals surface area contributed by atoms with Crippen molar-refractivity contribution in [2.45, 2.75) is 25.1 Å². The van der Waals surface area contributed by atoms with Crippen LogP contribution in [-0.2, 0) is 9.59 Å². The Hall–Kier alpha value is -4.31. The molecule has 0 radical (unpaired) electrons. The van der Waals surface area contributed by atoms with Crippen LogP contribution in [0, 0.1) is 5.82 Å². The summed E-state index contributed by atoms with van der Waals surface area (Å²) in [6, 6.07) is 21.2. The molecule has 4 aromatic rings. The van der Waals surface area contributed by atoms with E-state index in [0.29, 0.717) is 28.7 Å². The molecule has 5 rings (SSSR count). The van der Waals surface area contributed by atoms with Crippen LogP contribution >= 0.6 is 11.8 Å². The van der Waals surface area contributed by atoms with Crippen molar-refractivity contribution >= 4 is 29.4 Å². The van der Waals surface area contributed by atoms with E-state index in [2.05, 4.69) is 5.32 Å². The first kappa shape index (κ1) is 28.2. The lowest BCUT2D eigenvalue weighted by molar-refractivity contribution is -0.123. The van der Waals surface area contributed by atoms with E-state index in [0.717, 1.165) is 16.7 Å². The van der Waals surface area contributed by atoms with Crippen LogP contribution in [-0.4, -0.2) is 54.2 Å². The van der Waals surface area contributed by atoms with Gasteiger partial charge in [0.15, 0.2) is 11.5 Å². The molecule has 0 fully saturated rings. The number of aromatic nitrogens is 2. The Kier molecular flexibility index (Phi) is 8.30. The number of amides is 2. The molecule has 0 aliphatic carbocycles. The number of rotatable bonds is 8. The van der Waals surface area contributed by atoms with E-state index in [1.807, 2.05) is 62.4 Å². The van der Waals surface area contributed by atoms with Crippen molar-refractivity contribution in [2.75, 3.05) is 31.4 Å². The molecule has 1 aromatic heterocycles. The van der Waals surface area contributed by atoms with Gasteiger partial charge in [-0.2, -0.15) is 5.10 Å². The molecule has 1 N–H and O–H groups in total. The van der Waals surface area contributed by atoms with Crippen LogP contribution in [0.3, 0.4) is 0 Å². The summed E-state index contributed by atoms with van der Waals surface area (Å²) in [5.41, 5.74) is 3.70. The predicted molar refractivity (Wildman–Crippen MR) is 158 cm³/mol. The molecule has 1 aliphatic heterocycles. The van der Waals surface area contributed by atoms with E-state index < -0.39 is 5.82 Å². The first-order valence-corrected chi connectivity index (χ1v) is 14.2. The molecule has 0 unspecified atom stereocenters. The number of carbonyl (C=O) groups is 2. The molecule has 0 spiro atoms. The number of benzene rings is 3. The van der Waals surface area contributed by atoms with Gasteiger partial charge in [-0.3, -0.25) is 14.5 Å². The van der Waals surface area contributed by atoms with Crippen LogP contribution in [0.2, 0.25) is 0 Å². The van der Waals surface area contributed by atoms with Crippen molar-refractivity contribution < 1.29 is 23.5 Å². The van der Waals surface area contributed by atoms with Gasteiger partial charge in [0.1, 0.15) is 18.2 Å². The number of methoxy groups -OCH3 is 2. The highest BCUT2D eigenvalue weighted by Crippen LogP contribution is 2.49. The Morgan fingerprint density at radius 1 is 1.05 bits per heavy atom. The lowest BCUT2D eigenvalue weighted by atomic mass is 9.99. The highest BCUT2D eigenvalue weighted by Gasteiger charge is 2.38. The zero-order chi connectivity index (χ0) is 29.1. The molecule has 8 nitrogen and oxygen atoms in total. The Morgan fingerprint density at radius 3 is 2.41 bits per heavy atom. The summed E-state index contributed by atoms with van der Waals surface area (Å²) in [5, 5.41) is 7.55. The molecule has 2 heterocycles. The van der Waals surface area contributed by atoms with Crippen molar-refractivity contribution in [3.63, 3.8) is 0 Å². The first-order chi connectivity index (χ1) is 19.8. The predicted octanol–water partition coefficient (Wildman–Crippen LogP) is 5.39. The quantitative estimate of drug-likeness (QED) is 0.304. The normalized spacial score (nSPS) is 14.9. The first-order valence-electron chi connectivity index (χ1n) is 13.2. The smallest absolute Gasteiger partial charge is 0.240 e. The molecule has 1 aliphatic rings. The van der Waals surface area contributed by atoms with Gasteiger partial charge in [0.05, 0.1) is 36.6 Å². The Morgan fingerprint density at radius 2 is 1.76 bits per heavy atom. The molecular weight excluding hydrogens is 543 g/mol. The fourth-order valence-electron chi connectivity index (χ4n) is 4.88. The number of hydrogen-bond donors (Lipinski definition) is 1. The van der Waals surface area contributed by atoms with E-state index >= 15 is 0 Å². The van der Waals surface area contributed by atoms with Gasteiger partial charge in [0.2, 0.25) is 11.8 Å². The SMILES string of the molecule is COc1ccc([C@@H]2SCC(=O)N(CC(=O)NC(C)C)c3c2c(-c2ccccc2)nn3-c2ccc(F)cc2)cc1OC. The summed E-state index contributed by atoms with van der Waals surface area (Å²) in [6.45, 7) is 3.55. The Balaban J connectivity index is 1.80. The molecule has 2 amide bonds. The molecule has 3 aromatic carbocycles. The van der Waals surface area contributed by atoms with Crippen molar-refractivity contribution in [1.82, 2.24) is 15.1 Å². The van der Waals surface area contributed by atoms with E-state index in [-0.39, 0.29) is 35.4 Å². The number of halogens is 1. The second-order valence-corrected chi connectivity index (χ2v) is 10.9. The van der Waals surface area contributed by atoms with Crippen molar-refractivity contribution in [3.8, 4) is 28.4 Å². The maximum absolute atomic E-state index is 14.0. The van der Waals surface area contributed by atoms with Crippen molar-refractivity contribution in [3.05, 3.63) is 89.7 Å². The monoisotopic (exact) mass is 574 g/mol. The van der Waals surface area contributed by atoms with Gasteiger partial charge in [0.25, 0.3) is 0 Å². The third-order valence-corrected chi connectivity index (χ3v) is 7.92. The van der Waals surface area contributed by atoms with Gasteiger partial charge in [-0.15, -0.1) is 11.8 Å². The summed E-state index contributed by atoms with van der Waals surface area (Å²) >= 11 is 1.45. The van der Waals surface area contributed by atoms with Crippen molar-refractivity contribution in [1.29, 1.82) is 0 Å². The van der Waals surface area contributed by atoms with Crippen LogP contribution in [0.5, 0.6) is 11.5 Å². The van der Waals surface area contributed by atoms with E-state index in [1.54, 1.807) is 31.0 Å².